The monoisotopic (exact) mass is 248 g/mol. The quantitative estimate of drug-likeness (QED) is 0.350. The topological polar surface area (TPSA) is 54.0 Å². The van der Waals surface area contributed by atoms with Gasteiger partial charge in [-0.25, -0.2) is 0 Å². The number of allylic oxidation sites excluding steroid dienone is 1. The van der Waals surface area contributed by atoms with E-state index in [1.54, 1.807) is 21.3 Å². The normalized spacial score (nSPS) is 12.0. The van der Waals surface area contributed by atoms with Gasteiger partial charge in [0, 0.05) is 39.9 Å². The van der Waals surface area contributed by atoms with E-state index in [4.69, 9.17) is 13.3 Å². The Bertz CT molecular complexity index is 217. The van der Waals surface area contributed by atoms with Gasteiger partial charge in [0.1, 0.15) is 0 Å². The van der Waals surface area contributed by atoms with Crippen molar-refractivity contribution in [1.29, 1.82) is 0 Å². The summed E-state index contributed by atoms with van der Waals surface area (Å²) >= 11 is 0. The predicted octanol–water partition coefficient (Wildman–Crippen LogP) is 1.37. The Morgan fingerprint density at radius 3 is 2.12 bits per heavy atom. The van der Waals surface area contributed by atoms with Crippen LogP contribution in [0.2, 0.25) is 6.04 Å². The minimum absolute atomic E-state index is 0.0214. The molecule has 0 heterocycles. The summed E-state index contributed by atoms with van der Waals surface area (Å²) in [7, 11) is 3.66. The van der Waals surface area contributed by atoms with Crippen molar-refractivity contribution < 1.29 is 22.8 Å². The van der Waals surface area contributed by atoms with Crippen LogP contribution in [0.25, 0.3) is 0 Å². The lowest BCUT2D eigenvalue weighted by Gasteiger charge is -2.23. The molecule has 94 valence electrons. The van der Waals surface area contributed by atoms with Crippen LogP contribution >= 0.6 is 0 Å². The van der Waals surface area contributed by atoms with Crippen molar-refractivity contribution in [3.05, 3.63) is 12.3 Å². The third-order valence-electron chi connectivity index (χ3n) is 2.23. The van der Waals surface area contributed by atoms with E-state index in [2.05, 4.69) is 4.74 Å². The summed E-state index contributed by atoms with van der Waals surface area (Å²) in [5, 5.41) is 0. The largest absolute Gasteiger partial charge is 0.504 e. The van der Waals surface area contributed by atoms with Crippen molar-refractivity contribution in [2.75, 3.05) is 28.4 Å². The van der Waals surface area contributed by atoms with Crippen molar-refractivity contribution in [3.63, 3.8) is 0 Å². The van der Waals surface area contributed by atoms with E-state index in [1.807, 2.05) is 0 Å². The Kier molecular flexibility index (Phi) is 8.09. The van der Waals surface area contributed by atoms with Gasteiger partial charge in [-0.05, 0) is 6.42 Å². The lowest BCUT2D eigenvalue weighted by atomic mass is 10.2. The second kappa shape index (κ2) is 8.46. The fourth-order valence-corrected chi connectivity index (χ4v) is 2.98. The highest BCUT2D eigenvalue weighted by atomic mass is 28.4. The molecule has 0 rings (SSSR count). The van der Waals surface area contributed by atoms with Gasteiger partial charge >= 0.3 is 8.80 Å². The Labute approximate surface area is 97.7 Å². The summed E-state index contributed by atoms with van der Waals surface area (Å²) in [5.41, 5.74) is 0. The standard InChI is InChI=1S/C10H20O5Si/c1-12-8-7-10(11)6-5-9-16(13-2,14-3)15-4/h7-8H,5-6,9H2,1-4H3. The van der Waals surface area contributed by atoms with Gasteiger partial charge in [0.25, 0.3) is 0 Å². The highest BCUT2D eigenvalue weighted by Gasteiger charge is 2.36. The molecule has 0 saturated carbocycles. The molecule has 0 aliphatic heterocycles. The first-order valence-electron chi connectivity index (χ1n) is 5.01. The lowest BCUT2D eigenvalue weighted by Crippen LogP contribution is -2.42. The number of methoxy groups -OCH3 is 1. The Hall–Kier alpha value is -0.693. The number of hydrogen-bond donors (Lipinski definition) is 0. The first kappa shape index (κ1) is 15.3. The third-order valence-corrected chi connectivity index (χ3v) is 5.06. The molecule has 0 aliphatic rings. The third kappa shape index (κ3) is 5.41. The van der Waals surface area contributed by atoms with Crippen LogP contribution in [0, 0.1) is 0 Å². The van der Waals surface area contributed by atoms with Crippen LogP contribution in [0.5, 0.6) is 0 Å². The summed E-state index contributed by atoms with van der Waals surface area (Å²) < 4.78 is 20.4. The average molecular weight is 248 g/mol. The molecular weight excluding hydrogens is 228 g/mol. The fraction of sp³-hybridized carbons (Fsp3) is 0.700. The smallest absolute Gasteiger partial charge is 0.500 e. The summed E-state index contributed by atoms with van der Waals surface area (Å²) in [6, 6.07) is 0.628. The maximum absolute atomic E-state index is 11.3. The van der Waals surface area contributed by atoms with Crippen LogP contribution in [0.4, 0.5) is 0 Å². The van der Waals surface area contributed by atoms with Gasteiger partial charge in [0.15, 0.2) is 5.78 Å². The molecule has 0 amide bonds. The first-order valence-corrected chi connectivity index (χ1v) is 6.95. The molecule has 0 N–H and O–H groups in total. The Balaban J connectivity index is 3.95. The van der Waals surface area contributed by atoms with Crippen LogP contribution in [0.3, 0.4) is 0 Å². The van der Waals surface area contributed by atoms with E-state index in [0.717, 1.165) is 0 Å². The molecule has 5 nitrogen and oxygen atoms in total. The predicted molar refractivity (Wildman–Crippen MR) is 62.0 cm³/mol. The molecule has 0 aromatic carbocycles. The zero-order valence-electron chi connectivity index (χ0n) is 10.3. The highest BCUT2D eigenvalue weighted by molar-refractivity contribution is 6.60. The fourth-order valence-electron chi connectivity index (χ4n) is 1.26. The van der Waals surface area contributed by atoms with Crippen LogP contribution in [0.1, 0.15) is 12.8 Å². The van der Waals surface area contributed by atoms with Crippen LogP contribution in [0.15, 0.2) is 12.3 Å². The van der Waals surface area contributed by atoms with Crippen LogP contribution in [-0.2, 0) is 22.8 Å². The Morgan fingerprint density at radius 2 is 1.69 bits per heavy atom. The number of carbonyl (C=O) groups excluding carboxylic acids is 1. The average Bonchev–Trinajstić information content (AvgIpc) is 2.33. The molecule has 16 heavy (non-hydrogen) atoms. The van der Waals surface area contributed by atoms with Crippen molar-refractivity contribution in [1.82, 2.24) is 0 Å². The minimum atomic E-state index is -2.52. The van der Waals surface area contributed by atoms with E-state index in [0.29, 0.717) is 18.9 Å². The molecule has 0 aromatic heterocycles. The maximum Gasteiger partial charge on any atom is 0.500 e. The van der Waals surface area contributed by atoms with E-state index < -0.39 is 8.80 Å². The second-order valence-electron chi connectivity index (χ2n) is 3.15. The van der Waals surface area contributed by atoms with E-state index in [-0.39, 0.29) is 5.78 Å². The van der Waals surface area contributed by atoms with Gasteiger partial charge < -0.3 is 18.0 Å². The van der Waals surface area contributed by atoms with Crippen LogP contribution < -0.4 is 0 Å². The Morgan fingerprint density at radius 1 is 1.12 bits per heavy atom. The molecule has 6 heteroatoms. The first-order chi connectivity index (χ1) is 7.64. The molecule has 0 saturated heterocycles. The lowest BCUT2D eigenvalue weighted by molar-refractivity contribution is -0.114. The molecule has 0 fully saturated rings. The second-order valence-corrected chi connectivity index (χ2v) is 6.24. The van der Waals surface area contributed by atoms with E-state index in [9.17, 15) is 4.79 Å². The maximum atomic E-state index is 11.3. The molecule has 0 radical (unpaired) electrons. The highest BCUT2D eigenvalue weighted by Crippen LogP contribution is 2.16. The molecule has 0 bridgehead atoms. The van der Waals surface area contributed by atoms with Crippen molar-refractivity contribution >= 4 is 14.6 Å². The summed E-state index contributed by atoms with van der Waals surface area (Å²) in [6.07, 6.45) is 3.89. The van der Waals surface area contributed by atoms with Gasteiger partial charge in [-0.3, -0.25) is 4.79 Å². The molecule has 0 atom stereocenters. The number of carbonyl (C=O) groups is 1. The van der Waals surface area contributed by atoms with Crippen molar-refractivity contribution in [2.24, 2.45) is 0 Å². The number of hydrogen-bond acceptors (Lipinski definition) is 5. The number of rotatable bonds is 9. The van der Waals surface area contributed by atoms with Gasteiger partial charge in [0.05, 0.1) is 13.4 Å². The number of ether oxygens (including phenoxy) is 1. The molecule has 0 unspecified atom stereocenters. The van der Waals surface area contributed by atoms with E-state index in [1.165, 1.54) is 19.4 Å². The molecule has 0 spiro atoms. The van der Waals surface area contributed by atoms with E-state index >= 15 is 0 Å². The summed E-state index contributed by atoms with van der Waals surface area (Å²) in [5.74, 6) is 0.0214. The van der Waals surface area contributed by atoms with Crippen LogP contribution in [-0.4, -0.2) is 43.0 Å². The zero-order chi connectivity index (χ0) is 12.4. The van der Waals surface area contributed by atoms with Crippen molar-refractivity contribution in [3.8, 4) is 0 Å². The van der Waals surface area contributed by atoms with Crippen molar-refractivity contribution in [2.45, 2.75) is 18.9 Å². The number of ketones is 1. The molecular formula is C10H20O5Si. The zero-order valence-corrected chi connectivity index (χ0v) is 11.3. The summed E-state index contributed by atoms with van der Waals surface area (Å²) in [4.78, 5) is 11.3. The SMILES string of the molecule is COC=CC(=O)CCC[Si](OC)(OC)OC. The molecule has 0 aliphatic carbocycles. The van der Waals surface area contributed by atoms with Gasteiger partial charge in [-0.1, -0.05) is 0 Å². The summed E-state index contributed by atoms with van der Waals surface area (Å²) in [6.45, 7) is 0. The van der Waals surface area contributed by atoms with Gasteiger partial charge in [-0.2, -0.15) is 0 Å². The minimum Gasteiger partial charge on any atom is -0.504 e. The van der Waals surface area contributed by atoms with Gasteiger partial charge in [-0.15, -0.1) is 0 Å². The van der Waals surface area contributed by atoms with Gasteiger partial charge in [0.2, 0.25) is 0 Å². The molecule has 0 aromatic rings.